The maximum absolute atomic E-state index is 12.4. The number of nitrogens with zero attached hydrogens (tertiary/aromatic N) is 3. The second-order valence-electron chi connectivity index (χ2n) is 6.08. The number of piperidine rings is 1. The van der Waals surface area contributed by atoms with Gasteiger partial charge < -0.3 is 9.32 Å². The average molecular weight is 333 g/mol. The molecule has 2 aliphatic heterocycles. The van der Waals surface area contributed by atoms with Crippen molar-refractivity contribution >= 4 is 23.8 Å². The predicted octanol–water partition coefficient (Wildman–Crippen LogP) is 0.971. The molecule has 0 saturated carbocycles. The van der Waals surface area contributed by atoms with Crippen molar-refractivity contribution in [1.82, 2.24) is 14.7 Å². The molecule has 0 aromatic carbocycles. The molecule has 0 unspecified atom stereocenters. The number of carbonyl (C=O) groups excluding carboxylic acids is 4. The van der Waals surface area contributed by atoms with Crippen molar-refractivity contribution in [2.45, 2.75) is 38.8 Å². The van der Waals surface area contributed by atoms with Gasteiger partial charge in [-0.25, -0.2) is 14.6 Å². The second-order valence-corrected chi connectivity index (χ2v) is 6.08. The first-order chi connectivity index (χ1) is 11.5. The summed E-state index contributed by atoms with van der Waals surface area (Å²) in [6.45, 7) is 2.03. The van der Waals surface area contributed by atoms with Gasteiger partial charge in [0.1, 0.15) is 12.3 Å². The lowest BCUT2D eigenvalue weighted by Gasteiger charge is -2.34. The van der Waals surface area contributed by atoms with Crippen molar-refractivity contribution in [1.29, 1.82) is 0 Å². The summed E-state index contributed by atoms with van der Waals surface area (Å²) in [5.74, 6) is -1.82. The molecule has 1 atom stereocenters. The minimum atomic E-state index is -0.968. The van der Waals surface area contributed by atoms with Crippen LogP contribution in [0, 0.1) is 0 Å². The number of carbonyl (C=O) groups is 4. The Kier molecular flexibility index (Phi) is 4.37. The number of furan rings is 1. The van der Waals surface area contributed by atoms with Gasteiger partial charge in [-0.1, -0.05) is 0 Å². The van der Waals surface area contributed by atoms with Gasteiger partial charge in [0.2, 0.25) is 5.91 Å². The van der Waals surface area contributed by atoms with Gasteiger partial charge in [0, 0.05) is 12.6 Å². The summed E-state index contributed by atoms with van der Waals surface area (Å²) in [6.07, 6.45) is 4.28. The standard InChI is InChI=1S/C16H19N3O5/c1-11-5-2-3-7-17(11)13(20)10-19-15(22)14(21)18(16(19)23)9-12-6-4-8-24-12/h4,6,8,11H,2-3,5,7,9-10H2,1H3/t11-/m0/s1. The summed E-state index contributed by atoms with van der Waals surface area (Å²) in [6, 6.07) is 2.53. The molecule has 0 aliphatic carbocycles. The smallest absolute Gasteiger partial charge is 0.335 e. The maximum Gasteiger partial charge on any atom is 0.335 e. The van der Waals surface area contributed by atoms with Crippen molar-refractivity contribution < 1.29 is 23.6 Å². The van der Waals surface area contributed by atoms with Crippen LogP contribution in [-0.2, 0) is 20.9 Å². The van der Waals surface area contributed by atoms with Gasteiger partial charge >= 0.3 is 17.8 Å². The molecule has 0 N–H and O–H groups in total. The highest BCUT2D eigenvalue weighted by Crippen LogP contribution is 2.19. The zero-order chi connectivity index (χ0) is 17.3. The number of urea groups is 1. The molecular weight excluding hydrogens is 314 g/mol. The Morgan fingerprint density at radius 2 is 1.96 bits per heavy atom. The van der Waals surface area contributed by atoms with Crippen LogP contribution < -0.4 is 0 Å². The van der Waals surface area contributed by atoms with Crippen LogP contribution in [0.3, 0.4) is 0 Å². The van der Waals surface area contributed by atoms with Crippen molar-refractivity contribution in [2.24, 2.45) is 0 Å². The third kappa shape index (κ3) is 2.91. The number of hydrogen-bond acceptors (Lipinski definition) is 5. The van der Waals surface area contributed by atoms with Gasteiger partial charge in [-0.05, 0) is 38.3 Å². The SMILES string of the molecule is C[C@H]1CCCCN1C(=O)CN1C(=O)C(=O)N(Cc2ccco2)C1=O. The van der Waals surface area contributed by atoms with Crippen LogP contribution in [0.25, 0.3) is 0 Å². The van der Waals surface area contributed by atoms with Crippen molar-refractivity contribution in [3.8, 4) is 0 Å². The molecule has 24 heavy (non-hydrogen) atoms. The Bertz CT molecular complexity index is 669. The molecule has 3 heterocycles. The molecule has 3 rings (SSSR count). The quantitative estimate of drug-likeness (QED) is 0.605. The topological polar surface area (TPSA) is 91.1 Å². The fourth-order valence-corrected chi connectivity index (χ4v) is 3.08. The van der Waals surface area contributed by atoms with Gasteiger partial charge in [-0.15, -0.1) is 0 Å². The normalized spacial score (nSPS) is 21.8. The molecule has 2 aliphatic rings. The van der Waals surface area contributed by atoms with E-state index in [1.165, 1.54) is 6.26 Å². The van der Waals surface area contributed by atoms with Crippen LogP contribution in [0.5, 0.6) is 0 Å². The Hall–Kier alpha value is -2.64. The van der Waals surface area contributed by atoms with E-state index in [1.54, 1.807) is 17.0 Å². The van der Waals surface area contributed by atoms with E-state index in [4.69, 9.17) is 4.42 Å². The minimum absolute atomic E-state index is 0.0778. The largest absolute Gasteiger partial charge is 0.467 e. The third-order valence-electron chi connectivity index (χ3n) is 4.45. The molecule has 2 saturated heterocycles. The van der Waals surface area contributed by atoms with Crippen LogP contribution >= 0.6 is 0 Å². The molecule has 0 spiro atoms. The molecule has 8 nitrogen and oxygen atoms in total. The number of amides is 5. The summed E-state index contributed by atoms with van der Waals surface area (Å²) in [4.78, 5) is 52.0. The summed E-state index contributed by atoms with van der Waals surface area (Å²) in [5, 5.41) is 0. The first kappa shape index (κ1) is 16.2. The molecule has 2 fully saturated rings. The number of imide groups is 2. The lowest BCUT2D eigenvalue weighted by atomic mass is 10.0. The van der Waals surface area contributed by atoms with E-state index in [9.17, 15) is 19.2 Å². The molecule has 128 valence electrons. The van der Waals surface area contributed by atoms with E-state index in [0.29, 0.717) is 12.3 Å². The number of rotatable bonds is 4. The average Bonchev–Trinajstić information content (AvgIpc) is 3.14. The zero-order valence-corrected chi connectivity index (χ0v) is 13.4. The van der Waals surface area contributed by atoms with Crippen LogP contribution in [0.2, 0.25) is 0 Å². The second kappa shape index (κ2) is 6.46. The first-order valence-corrected chi connectivity index (χ1v) is 7.98. The van der Waals surface area contributed by atoms with E-state index >= 15 is 0 Å². The summed E-state index contributed by atoms with van der Waals surface area (Å²) in [5.41, 5.74) is 0. The van der Waals surface area contributed by atoms with E-state index < -0.39 is 24.4 Å². The molecule has 8 heteroatoms. The minimum Gasteiger partial charge on any atom is -0.467 e. The van der Waals surface area contributed by atoms with E-state index in [1.807, 2.05) is 6.92 Å². The summed E-state index contributed by atoms with van der Waals surface area (Å²) >= 11 is 0. The lowest BCUT2D eigenvalue weighted by molar-refractivity contribution is -0.145. The Labute approximate surface area is 139 Å². The van der Waals surface area contributed by atoms with Gasteiger partial charge in [0.05, 0.1) is 12.8 Å². The van der Waals surface area contributed by atoms with Crippen LogP contribution in [0.15, 0.2) is 22.8 Å². The highest BCUT2D eigenvalue weighted by Gasteiger charge is 2.46. The van der Waals surface area contributed by atoms with Gasteiger partial charge in [-0.3, -0.25) is 14.4 Å². The van der Waals surface area contributed by atoms with Crippen LogP contribution in [0.1, 0.15) is 31.9 Å². The van der Waals surface area contributed by atoms with Crippen LogP contribution in [-0.4, -0.2) is 57.6 Å². The Balaban J connectivity index is 1.69. The highest BCUT2D eigenvalue weighted by atomic mass is 16.3. The van der Waals surface area contributed by atoms with Crippen molar-refractivity contribution in [3.63, 3.8) is 0 Å². The summed E-state index contributed by atoms with van der Waals surface area (Å²) in [7, 11) is 0. The molecule has 0 radical (unpaired) electrons. The van der Waals surface area contributed by atoms with Gasteiger partial charge in [-0.2, -0.15) is 0 Å². The lowest BCUT2D eigenvalue weighted by Crippen LogP contribution is -2.48. The summed E-state index contributed by atoms with van der Waals surface area (Å²) < 4.78 is 5.10. The molecule has 1 aromatic rings. The zero-order valence-electron chi connectivity index (χ0n) is 13.4. The van der Waals surface area contributed by atoms with Crippen LogP contribution in [0.4, 0.5) is 4.79 Å². The van der Waals surface area contributed by atoms with E-state index in [0.717, 1.165) is 29.1 Å². The Morgan fingerprint density at radius 1 is 1.21 bits per heavy atom. The molecular formula is C16H19N3O5. The molecule has 5 amide bonds. The molecule has 0 bridgehead atoms. The third-order valence-corrected chi connectivity index (χ3v) is 4.45. The number of hydrogen-bond donors (Lipinski definition) is 0. The Morgan fingerprint density at radius 3 is 2.62 bits per heavy atom. The van der Waals surface area contributed by atoms with E-state index in [-0.39, 0.29) is 18.5 Å². The monoisotopic (exact) mass is 333 g/mol. The fraction of sp³-hybridized carbons (Fsp3) is 0.500. The number of likely N-dealkylation sites (tertiary alicyclic amines) is 1. The van der Waals surface area contributed by atoms with Gasteiger partial charge in [0.25, 0.3) is 0 Å². The first-order valence-electron chi connectivity index (χ1n) is 7.98. The van der Waals surface area contributed by atoms with E-state index in [2.05, 4.69) is 0 Å². The highest BCUT2D eigenvalue weighted by molar-refractivity contribution is 6.44. The fourth-order valence-electron chi connectivity index (χ4n) is 3.08. The predicted molar refractivity (Wildman–Crippen MR) is 81.4 cm³/mol. The van der Waals surface area contributed by atoms with Crippen molar-refractivity contribution in [2.75, 3.05) is 13.1 Å². The van der Waals surface area contributed by atoms with Gasteiger partial charge in [0.15, 0.2) is 0 Å². The van der Waals surface area contributed by atoms with Crippen molar-refractivity contribution in [3.05, 3.63) is 24.2 Å². The maximum atomic E-state index is 12.4. The molecule has 1 aromatic heterocycles.